The molecule has 1 heterocycles. The van der Waals surface area contributed by atoms with Crippen molar-refractivity contribution in [2.75, 3.05) is 6.61 Å². The second-order valence-corrected chi connectivity index (χ2v) is 6.92. The Morgan fingerprint density at radius 3 is 2.14 bits per heavy atom. The zero-order chi connectivity index (χ0) is 21.4. The lowest BCUT2D eigenvalue weighted by molar-refractivity contribution is -0.137. The Hall–Kier alpha value is -1.79. The number of thioether (sulfide) groups is 1. The molecule has 154 valence electrons. The van der Waals surface area contributed by atoms with Crippen LogP contribution in [0.4, 0.5) is 26.3 Å². The molecule has 2 N–H and O–H groups in total. The zero-order valence-electron chi connectivity index (χ0n) is 13.6. The first kappa shape index (κ1) is 22.5. The molecular formula is C14H9Cl2F6N3O2S. The SMILES string of the molecule is CCOc1c(SC(F)(F)F)c(C(N)=O)nn1-c1c(Cl)cc(C(F)(F)F)cc1Cl. The lowest BCUT2D eigenvalue weighted by Gasteiger charge is -2.15. The molecule has 0 aliphatic heterocycles. The van der Waals surface area contributed by atoms with Crippen molar-refractivity contribution in [3.05, 3.63) is 33.4 Å². The van der Waals surface area contributed by atoms with Gasteiger partial charge in [-0.05, 0) is 30.8 Å². The highest BCUT2D eigenvalue weighted by Crippen LogP contribution is 2.46. The molecule has 0 bridgehead atoms. The summed E-state index contributed by atoms with van der Waals surface area (Å²) in [6.07, 6.45) is -4.77. The first-order valence-corrected chi connectivity index (χ1v) is 8.71. The van der Waals surface area contributed by atoms with Gasteiger partial charge in [-0.25, -0.2) is 0 Å². The Bertz CT molecular complexity index is 891. The molecule has 1 amide bonds. The van der Waals surface area contributed by atoms with Crippen LogP contribution in [0.2, 0.25) is 10.0 Å². The number of ether oxygens (including phenoxy) is 1. The first-order valence-electron chi connectivity index (χ1n) is 7.14. The van der Waals surface area contributed by atoms with Crippen LogP contribution in [0, 0.1) is 0 Å². The number of carbonyl (C=O) groups excluding carboxylic acids is 1. The number of hydrogen-bond acceptors (Lipinski definition) is 4. The second-order valence-electron chi connectivity index (χ2n) is 5.03. The minimum Gasteiger partial charge on any atom is -0.477 e. The van der Waals surface area contributed by atoms with Crippen molar-refractivity contribution in [2.45, 2.75) is 23.5 Å². The van der Waals surface area contributed by atoms with Gasteiger partial charge in [0.15, 0.2) is 5.69 Å². The average Bonchev–Trinajstić information content (AvgIpc) is 2.83. The molecule has 0 radical (unpaired) electrons. The summed E-state index contributed by atoms with van der Waals surface area (Å²) in [4.78, 5) is 10.8. The zero-order valence-corrected chi connectivity index (χ0v) is 15.9. The van der Waals surface area contributed by atoms with E-state index in [1.54, 1.807) is 0 Å². The van der Waals surface area contributed by atoms with Crippen LogP contribution in [0.15, 0.2) is 17.0 Å². The van der Waals surface area contributed by atoms with Crippen LogP contribution >= 0.6 is 35.0 Å². The van der Waals surface area contributed by atoms with Gasteiger partial charge in [-0.2, -0.15) is 36.1 Å². The molecule has 1 aromatic carbocycles. The summed E-state index contributed by atoms with van der Waals surface area (Å²) in [5.41, 5.74) is -2.15. The third-order valence-corrected chi connectivity index (χ3v) is 4.47. The fourth-order valence-corrected chi connectivity index (χ4v) is 3.45. The molecule has 5 nitrogen and oxygen atoms in total. The quantitative estimate of drug-likeness (QED) is 0.477. The van der Waals surface area contributed by atoms with Crippen molar-refractivity contribution in [1.82, 2.24) is 9.78 Å². The molecule has 0 unspecified atom stereocenters. The van der Waals surface area contributed by atoms with E-state index in [0.717, 1.165) is 0 Å². The van der Waals surface area contributed by atoms with Gasteiger partial charge < -0.3 is 10.5 Å². The Morgan fingerprint density at radius 2 is 1.75 bits per heavy atom. The van der Waals surface area contributed by atoms with Gasteiger partial charge in [-0.1, -0.05) is 23.2 Å². The van der Waals surface area contributed by atoms with Gasteiger partial charge in [0.2, 0.25) is 5.88 Å². The maximum absolute atomic E-state index is 12.9. The van der Waals surface area contributed by atoms with Gasteiger partial charge in [0.1, 0.15) is 10.6 Å². The first-order chi connectivity index (χ1) is 12.8. The number of hydrogen-bond donors (Lipinski definition) is 1. The summed E-state index contributed by atoms with van der Waals surface area (Å²) < 4.78 is 83.1. The Morgan fingerprint density at radius 1 is 1.21 bits per heavy atom. The maximum atomic E-state index is 12.9. The fourth-order valence-electron chi connectivity index (χ4n) is 2.10. The van der Waals surface area contributed by atoms with Gasteiger partial charge in [0.25, 0.3) is 5.91 Å². The van der Waals surface area contributed by atoms with E-state index in [-0.39, 0.29) is 6.61 Å². The highest BCUT2D eigenvalue weighted by atomic mass is 35.5. The van der Waals surface area contributed by atoms with Crippen molar-refractivity contribution in [3.8, 4) is 11.6 Å². The number of amides is 1. The topological polar surface area (TPSA) is 70.1 Å². The molecule has 0 aliphatic carbocycles. The van der Waals surface area contributed by atoms with Crippen LogP contribution in [0.3, 0.4) is 0 Å². The van der Waals surface area contributed by atoms with Crippen LogP contribution in [-0.2, 0) is 6.18 Å². The molecule has 2 rings (SSSR count). The summed E-state index contributed by atoms with van der Waals surface area (Å²) >= 11 is 11.0. The fraction of sp³-hybridized carbons (Fsp3) is 0.286. The van der Waals surface area contributed by atoms with E-state index in [4.69, 9.17) is 33.7 Å². The summed E-state index contributed by atoms with van der Waals surface area (Å²) in [7, 11) is 0. The molecule has 0 saturated heterocycles. The van der Waals surface area contributed by atoms with Gasteiger partial charge in [0, 0.05) is 0 Å². The number of primary amides is 1. The number of halogens is 8. The molecule has 0 saturated carbocycles. The van der Waals surface area contributed by atoms with E-state index in [9.17, 15) is 31.1 Å². The summed E-state index contributed by atoms with van der Waals surface area (Å²) in [6, 6.07) is 1.03. The van der Waals surface area contributed by atoms with Crippen molar-refractivity contribution in [1.29, 1.82) is 0 Å². The monoisotopic (exact) mass is 467 g/mol. The third kappa shape index (κ3) is 4.78. The summed E-state index contributed by atoms with van der Waals surface area (Å²) in [5, 5.41) is 2.48. The number of rotatable bonds is 5. The van der Waals surface area contributed by atoms with Crippen molar-refractivity contribution in [2.24, 2.45) is 5.73 Å². The highest BCUT2D eigenvalue weighted by molar-refractivity contribution is 8.00. The number of nitrogens with two attached hydrogens (primary N) is 1. The second kappa shape index (κ2) is 7.91. The largest absolute Gasteiger partial charge is 0.477 e. The normalized spacial score (nSPS) is 12.3. The Balaban J connectivity index is 2.79. The Labute approximate surface area is 167 Å². The molecular weight excluding hydrogens is 459 g/mol. The Kier molecular flexibility index (Phi) is 6.36. The van der Waals surface area contributed by atoms with E-state index in [1.165, 1.54) is 6.92 Å². The van der Waals surface area contributed by atoms with Crippen LogP contribution in [0.1, 0.15) is 23.0 Å². The molecule has 28 heavy (non-hydrogen) atoms. The van der Waals surface area contributed by atoms with Gasteiger partial charge in [0.05, 0.1) is 22.2 Å². The van der Waals surface area contributed by atoms with Crippen LogP contribution < -0.4 is 10.5 Å². The highest BCUT2D eigenvalue weighted by Gasteiger charge is 2.38. The van der Waals surface area contributed by atoms with Gasteiger partial charge in [-0.3, -0.25) is 4.79 Å². The van der Waals surface area contributed by atoms with E-state index in [0.29, 0.717) is 16.8 Å². The van der Waals surface area contributed by atoms with Crippen molar-refractivity contribution < 1.29 is 35.9 Å². The minimum absolute atomic E-state index is 0.162. The standard InChI is InChI=1S/C14H9Cl2F6N3O2S/c1-2-27-12-10(28-14(20,21)22)8(11(23)26)24-25(12)9-6(15)3-5(4-7(9)16)13(17,18)19/h3-4H,2H2,1H3,(H2,23,26). The number of carbonyl (C=O) groups is 1. The average molecular weight is 468 g/mol. The summed E-state index contributed by atoms with van der Waals surface area (Å²) in [6.45, 7) is 1.27. The smallest absolute Gasteiger partial charge is 0.446 e. The predicted octanol–water partition coefficient (Wildman–Crippen LogP) is 5.31. The number of aromatic nitrogens is 2. The van der Waals surface area contributed by atoms with E-state index in [1.807, 2.05) is 0 Å². The number of nitrogens with zero attached hydrogens (tertiary/aromatic N) is 2. The predicted molar refractivity (Wildman–Crippen MR) is 90.2 cm³/mol. The molecule has 0 spiro atoms. The minimum atomic E-state index is -4.84. The van der Waals surface area contributed by atoms with Crippen LogP contribution in [0.25, 0.3) is 5.69 Å². The molecule has 0 atom stereocenters. The lowest BCUT2D eigenvalue weighted by Crippen LogP contribution is -2.14. The van der Waals surface area contributed by atoms with Gasteiger partial charge in [-0.15, -0.1) is 0 Å². The number of benzene rings is 1. The van der Waals surface area contributed by atoms with E-state index < -0.39 is 67.1 Å². The molecule has 1 aromatic heterocycles. The van der Waals surface area contributed by atoms with E-state index in [2.05, 4.69) is 5.10 Å². The van der Waals surface area contributed by atoms with Crippen molar-refractivity contribution in [3.63, 3.8) is 0 Å². The number of alkyl halides is 6. The van der Waals surface area contributed by atoms with Gasteiger partial charge >= 0.3 is 11.7 Å². The lowest BCUT2D eigenvalue weighted by atomic mass is 10.2. The molecule has 2 aromatic rings. The maximum Gasteiger partial charge on any atom is 0.446 e. The third-order valence-electron chi connectivity index (χ3n) is 3.09. The summed E-state index contributed by atoms with van der Waals surface area (Å²) in [5.74, 6) is -1.91. The van der Waals surface area contributed by atoms with E-state index >= 15 is 0 Å². The van der Waals surface area contributed by atoms with Crippen LogP contribution in [-0.4, -0.2) is 27.8 Å². The molecule has 0 fully saturated rings. The molecule has 14 heteroatoms. The van der Waals surface area contributed by atoms with Crippen molar-refractivity contribution >= 4 is 40.9 Å². The van der Waals surface area contributed by atoms with Crippen LogP contribution in [0.5, 0.6) is 5.88 Å². The molecule has 0 aliphatic rings.